The van der Waals surface area contributed by atoms with Crippen molar-refractivity contribution in [2.75, 3.05) is 0 Å². The van der Waals surface area contributed by atoms with Crippen LogP contribution in [0.25, 0.3) is 10.9 Å². The van der Waals surface area contributed by atoms with Crippen LogP contribution in [0, 0.1) is 0 Å². The van der Waals surface area contributed by atoms with Gasteiger partial charge in [-0.2, -0.15) is 5.10 Å². The van der Waals surface area contributed by atoms with Gasteiger partial charge in [0.25, 0.3) is 0 Å². The molecule has 0 spiro atoms. The highest BCUT2D eigenvalue weighted by Gasteiger charge is 2.32. The van der Waals surface area contributed by atoms with Gasteiger partial charge in [0.2, 0.25) is 5.91 Å². The summed E-state index contributed by atoms with van der Waals surface area (Å²) in [4.78, 5) is 11.2. The van der Waals surface area contributed by atoms with Gasteiger partial charge >= 0.3 is 6.36 Å². The number of fused-ring (bicyclic) bond motifs is 1. The summed E-state index contributed by atoms with van der Waals surface area (Å²) >= 11 is 2.97. The third-order valence-electron chi connectivity index (χ3n) is 2.15. The summed E-state index contributed by atoms with van der Waals surface area (Å²) in [6.45, 7) is 1.26. The molecule has 0 aliphatic rings. The maximum Gasteiger partial charge on any atom is 0.573 e. The molecule has 8 heteroatoms. The van der Waals surface area contributed by atoms with Crippen LogP contribution in [-0.4, -0.2) is 22.1 Å². The Morgan fingerprint density at radius 3 is 2.67 bits per heavy atom. The van der Waals surface area contributed by atoms with Crippen molar-refractivity contribution in [2.45, 2.75) is 13.3 Å². The Balaban J connectivity index is 2.58. The zero-order valence-corrected chi connectivity index (χ0v) is 10.5. The average Bonchev–Trinajstić information content (AvgIpc) is 2.59. The average molecular weight is 323 g/mol. The van der Waals surface area contributed by atoms with Gasteiger partial charge in [-0.15, -0.1) is 13.2 Å². The topological polar surface area (TPSA) is 44.1 Å². The normalized spacial score (nSPS) is 11.8. The Morgan fingerprint density at radius 2 is 2.11 bits per heavy atom. The molecule has 1 aromatic carbocycles. The van der Waals surface area contributed by atoms with Gasteiger partial charge in [0, 0.05) is 18.4 Å². The van der Waals surface area contributed by atoms with Crippen molar-refractivity contribution in [1.29, 1.82) is 0 Å². The molecule has 0 N–H and O–H groups in total. The fourth-order valence-corrected chi connectivity index (χ4v) is 1.92. The molecule has 2 rings (SSSR count). The van der Waals surface area contributed by atoms with Gasteiger partial charge in [-0.05, 0) is 22.0 Å². The minimum atomic E-state index is -4.79. The molecule has 18 heavy (non-hydrogen) atoms. The first-order valence-corrected chi connectivity index (χ1v) is 5.51. The van der Waals surface area contributed by atoms with E-state index < -0.39 is 18.0 Å². The number of aromatic nitrogens is 2. The van der Waals surface area contributed by atoms with Crippen LogP contribution in [0.1, 0.15) is 11.7 Å². The molecule has 4 nitrogen and oxygen atoms in total. The van der Waals surface area contributed by atoms with E-state index in [4.69, 9.17) is 0 Å². The highest BCUT2D eigenvalue weighted by atomic mass is 79.9. The summed E-state index contributed by atoms with van der Waals surface area (Å²) < 4.78 is 41.5. The van der Waals surface area contributed by atoms with Gasteiger partial charge in [0.05, 0.1) is 16.2 Å². The molecular formula is C10H6BrF3N2O2. The van der Waals surface area contributed by atoms with E-state index in [9.17, 15) is 18.0 Å². The van der Waals surface area contributed by atoms with E-state index in [1.54, 1.807) is 0 Å². The van der Waals surface area contributed by atoms with E-state index in [-0.39, 0.29) is 9.99 Å². The van der Waals surface area contributed by atoms with Crippen LogP contribution in [0.3, 0.4) is 0 Å². The van der Waals surface area contributed by atoms with Crippen molar-refractivity contribution in [2.24, 2.45) is 0 Å². The molecule has 0 atom stereocenters. The Hall–Kier alpha value is -1.57. The minimum absolute atomic E-state index is 0.135. The first-order valence-electron chi connectivity index (χ1n) is 4.72. The fraction of sp³-hybridized carbons (Fsp3) is 0.200. The highest BCUT2D eigenvalue weighted by Crippen LogP contribution is 2.34. The van der Waals surface area contributed by atoms with E-state index in [0.717, 1.165) is 10.7 Å². The first-order chi connectivity index (χ1) is 8.28. The van der Waals surface area contributed by atoms with Gasteiger partial charge in [-0.25, -0.2) is 4.68 Å². The third kappa shape index (κ3) is 2.47. The Bertz CT molecular complexity index is 621. The standard InChI is InChI=1S/C10H6BrF3N2O2/c1-5(17)16-8-3-9(18-10(12,13)14)7(11)2-6(8)4-15-16/h2-4H,1H3. The Kier molecular flexibility index (Phi) is 3.05. The van der Waals surface area contributed by atoms with Crippen molar-refractivity contribution in [3.05, 3.63) is 22.8 Å². The van der Waals surface area contributed by atoms with Crippen LogP contribution in [0.5, 0.6) is 5.75 Å². The number of carbonyl (C=O) groups is 1. The van der Waals surface area contributed by atoms with E-state index >= 15 is 0 Å². The van der Waals surface area contributed by atoms with Crippen LogP contribution in [0.2, 0.25) is 0 Å². The molecule has 0 fully saturated rings. The number of nitrogens with zero attached hydrogens (tertiary/aromatic N) is 2. The lowest BCUT2D eigenvalue weighted by Gasteiger charge is -2.10. The predicted octanol–water partition coefficient (Wildman–Crippen LogP) is 3.36. The molecule has 0 saturated heterocycles. The quantitative estimate of drug-likeness (QED) is 0.808. The number of carbonyl (C=O) groups excluding carboxylic acids is 1. The van der Waals surface area contributed by atoms with E-state index in [1.807, 2.05) is 0 Å². The molecule has 0 amide bonds. The molecule has 0 unspecified atom stereocenters. The molecule has 0 saturated carbocycles. The summed E-state index contributed by atoms with van der Waals surface area (Å²) in [6, 6.07) is 2.52. The number of benzene rings is 1. The number of ether oxygens (including phenoxy) is 1. The maximum atomic E-state index is 12.2. The lowest BCUT2D eigenvalue weighted by atomic mass is 10.2. The molecule has 96 valence electrons. The van der Waals surface area contributed by atoms with Crippen molar-refractivity contribution >= 4 is 32.7 Å². The van der Waals surface area contributed by atoms with Crippen molar-refractivity contribution in [3.63, 3.8) is 0 Å². The second-order valence-corrected chi connectivity index (χ2v) is 4.32. The van der Waals surface area contributed by atoms with Gasteiger partial charge in [0.1, 0.15) is 5.75 Å². The van der Waals surface area contributed by atoms with Gasteiger partial charge in [-0.3, -0.25) is 4.79 Å². The van der Waals surface area contributed by atoms with Gasteiger partial charge in [-0.1, -0.05) is 0 Å². The van der Waals surface area contributed by atoms with E-state index in [0.29, 0.717) is 5.39 Å². The third-order valence-corrected chi connectivity index (χ3v) is 2.77. The van der Waals surface area contributed by atoms with E-state index in [2.05, 4.69) is 25.8 Å². The van der Waals surface area contributed by atoms with Gasteiger partial charge < -0.3 is 4.74 Å². The minimum Gasteiger partial charge on any atom is -0.405 e. The summed E-state index contributed by atoms with van der Waals surface area (Å²) in [5.41, 5.74) is 0.255. The van der Waals surface area contributed by atoms with Crippen LogP contribution in [0.4, 0.5) is 13.2 Å². The summed E-state index contributed by atoms with van der Waals surface area (Å²) in [6.07, 6.45) is -3.41. The largest absolute Gasteiger partial charge is 0.573 e. The second-order valence-electron chi connectivity index (χ2n) is 3.46. The number of halogens is 4. The number of hydrogen-bond acceptors (Lipinski definition) is 3. The highest BCUT2D eigenvalue weighted by molar-refractivity contribution is 9.10. The molecule has 0 aliphatic carbocycles. The first kappa shape index (κ1) is 12.9. The number of rotatable bonds is 1. The zero-order valence-electron chi connectivity index (χ0n) is 8.95. The molecule has 1 heterocycles. The Labute approximate surface area is 107 Å². The summed E-state index contributed by atoms with van der Waals surface area (Å²) in [5, 5.41) is 4.32. The van der Waals surface area contributed by atoms with Crippen LogP contribution < -0.4 is 4.74 Å². The maximum absolute atomic E-state index is 12.2. The fourth-order valence-electron chi connectivity index (χ4n) is 1.48. The van der Waals surface area contributed by atoms with Crippen molar-refractivity contribution < 1.29 is 22.7 Å². The molecule has 0 aliphatic heterocycles. The monoisotopic (exact) mass is 322 g/mol. The molecular weight excluding hydrogens is 317 g/mol. The van der Waals surface area contributed by atoms with Crippen molar-refractivity contribution in [3.8, 4) is 5.75 Å². The number of hydrogen-bond donors (Lipinski definition) is 0. The lowest BCUT2D eigenvalue weighted by Crippen LogP contribution is -2.17. The summed E-state index contributed by atoms with van der Waals surface area (Å²) in [7, 11) is 0. The van der Waals surface area contributed by atoms with Crippen LogP contribution >= 0.6 is 15.9 Å². The lowest BCUT2D eigenvalue weighted by molar-refractivity contribution is -0.274. The van der Waals surface area contributed by atoms with Crippen LogP contribution in [0.15, 0.2) is 22.8 Å². The zero-order chi connectivity index (χ0) is 13.5. The Morgan fingerprint density at radius 1 is 1.44 bits per heavy atom. The molecule has 2 aromatic rings. The molecule has 0 bridgehead atoms. The molecule has 0 radical (unpaired) electrons. The molecule has 1 aromatic heterocycles. The van der Waals surface area contributed by atoms with Gasteiger partial charge in [0.15, 0.2) is 0 Å². The van der Waals surface area contributed by atoms with Crippen LogP contribution in [-0.2, 0) is 0 Å². The van der Waals surface area contributed by atoms with Crippen molar-refractivity contribution in [1.82, 2.24) is 9.78 Å². The predicted molar refractivity (Wildman–Crippen MR) is 60.4 cm³/mol. The smallest absolute Gasteiger partial charge is 0.405 e. The second kappa shape index (κ2) is 4.27. The number of alkyl halides is 3. The summed E-state index contributed by atoms with van der Waals surface area (Å²) in [5.74, 6) is -0.816. The SMILES string of the molecule is CC(=O)n1ncc2cc(Br)c(OC(F)(F)F)cc21. The van der Waals surface area contributed by atoms with E-state index in [1.165, 1.54) is 19.2 Å².